The van der Waals surface area contributed by atoms with Crippen LogP contribution in [0.15, 0.2) is 17.4 Å². The van der Waals surface area contributed by atoms with Gasteiger partial charge in [-0.15, -0.1) is 11.3 Å². The zero-order valence-electron chi connectivity index (χ0n) is 10.5. The van der Waals surface area contributed by atoms with Crippen molar-refractivity contribution < 1.29 is 9.31 Å². The molecule has 0 N–H and O–H groups in total. The fourth-order valence-corrected chi connectivity index (χ4v) is 2.58. The average Bonchev–Trinajstić information content (AvgIpc) is 2.66. The van der Waals surface area contributed by atoms with Crippen LogP contribution in [0.25, 0.3) is 6.08 Å². The fourth-order valence-electron chi connectivity index (χ4n) is 1.56. The van der Waals surface area contributed by atoms with Crippen LogP contribution in [0.1, 0.15) is 32.6 Å². The third kappa shape index (κ3) is 2.60. The number of thiophene rings is 1. The van der Waals surface area contributed by atoms with Crippen LogP contribution in [0.4, 0.5) is 0 Å². The average molecular weight is 271 g/mol. The summed E-state index contributed by atoms with van der Waals surface area (Å²) in [7, 11) is -0.307. The molecule has 0 aromatic carbocycles. The maximum atomic E-state index is 6.01. The van der Waals surface area contributed by atoms with Gasteiger partial charge >= 0.3 is 7.12 Å². The molecule has 2 rings (SSSR count). The van der Waals surface area contributed by atoms with Gasteiger partial charge in [0, 0.05) is 4.88 Å². The molecule has 1 aromatic heterocycles. The minimum Gasteiger partial charge on any atom is -0.400 e. The largest absolute Gasteiger partial charge is 0.487 e. The second-order valence-corrected chi connectivity index (χ2v) is 6.47. The van der Waals surface area contributed by atoms with Crippen LogP contribution in [0.5, 0.6) is 0 Å². The van der Waals surface area contributed by atoms with E-state index in [9.17, 15) is 0 Å². The molecule has 0 spiro atoms. The highest BCUT2D eigenvalue weighted by Crippen LogP contribution is 2.37. The van der Waals surface area contributed by atoms with Crippen LogP contribution in [-0.4, -0.2) is 18.3 Å². The zero-order valence-corrected chi connectivity index (χ0v) is 12.1. The van der Waals surface area contributed by atoms with Crippen LogP contribution in [0, 0.1) is 0 Å². The molecule has 0 atom stereocenters. The highest BCUT2D eigenvalue weighted by molar-refractivity contribution is 7.11. The second kappa shape index (κ2) is 4.43. The normalized spacial score (nSPS) is 22.5. The van der Waals surface area contributed by atoms with E-state index in [1.807, 2.05) is 51.2 Å². The summed E-state index contributed by atoms with van der Waals surface area (Å²) >= 11 is 7.62. The maximum Gasteiger partial charge on any atom is 0.487 e. The topological polar surface area (TPSA) is 18.5 Å². The van der Waals surface area contributed by atoms with E-state index in [-0.39, 0.29) is 18.3 Å². The van der Waals surface area contributed by atoms with E-state index in [1.165, 1.54) is 0 Å². The van der Waals surface area contributed by atoms with Crippen molar-refractivity contribution >= 4 is 36.1 Å². The van der Waals surface area contributed by atoms with Crippen molar-refractivity contribution in [2.24, 2.45) is 0 Å². The molecule has 0 bridgehead atoms. The van der Waals surface area contributed by atoms with E-state index in [0.29, 0.717) is 0 Å². The number of hydrogen-bond acceptors (Lipinski definition) is 3. The van der Waals surface area contributed by atoms with Gasteiger partial charge in [0.2, 0.25) is 0 Å². The molecule has 0 amide bonds. The second-order valence-electron chi connectivity index (χ2n) is 5.12. The van der Waals surface area contributed by atoms with Crippen LogP contribution >= 0.6 is 22.9 Å². The molecule has 2 heterocycles. The highest BCUT2D eigenvalue weighted by Gasteiger charge is 2.49. The standard InChI is InChI=1S/C12H16BClO2S/c1-11(2)12(3,4)16-13(15-11)7-5-10-9(14)6-8-17-10/h5-8H,1-4H3/b7-5+. The minimum absolute atomic E-state index is 0.290. The summed E-state index contributed by atoms with van der Waals surface area (Å²) in [5.41, 5.74) is -0.581. The van der Waals surface area contributed by atoms with Gasteiger partial charge in [0.15, 0.2) is 0 Å². The maximum absolute atomic E-state index is 6.01. The third-order valence-corrected chi connectivity index (χ3v) is 4.64. The van der Waals surface area contributed by atoms with Crippen molar-refractivity contribution in [1.29, 1.82) is 0 Å². The summed E-state index contributed by atoms with van der Waals surface area (Å²) in [6.07, 6.45) is 1.95. The molecular weight excluding hydrogens is 254 g/mol. The number of halogens is 1. The lowest BCUT2D eigenvalue weighted by molar-refractivity contribution is 0.00578. The SMILES string of the molecule is CC1(C)OB(/C=C/c2sccc2Cl)OC1(C)C. The van der Waals surface area contributed by atoms with E-state index < -0.39 is 0 Å². The van der Waals surface area contributed by atoms with E-state index in [4.69, 9.17) is 20.9 Å². The highest BCUT2D eigenvalue weighted by atomic mass is 35.5. The third-order valence-electron chi connectivity index (χ3n) is 3.32. The Kier molecular flexibility index (Phi) is 3.43. The number of rotatable bonds is 2. The first-order valence-electron chi connectivity index (χ1n) is 5.59. The Labute approximate surface area is 112 Å². The van der Waals surface area contributed by atoms with Gasteiger partial charge < -0.3 is 9.31 Å². The Bertz CT molecular complexity index is 423. The van der Waals surface area contributed by atoms with Crippen LogP contribution in [-0.2, 0) is 9.31 Å². The van der Waals surface area contributed by atoms with Gasteiger partial charge in [-0.3, -0.25) is 0 Å². The summed E-state index contributed by atoms with van der Waals surface area (Å²) in [5, 5.41) is 2.73. The zero-order chi connectivity index (χ0) is 12.7. The van der Waals surface area contributed by atoms with Gasteiger partial charge in [-0.1, -0.05) is 23.7 Å². The molecule has 1 saturated heterocycles. The molecule has 2 nitrogen and oxygen atoms in total. The molecule has 1 aromatic rings. The van der Waals surface area contributed by atoms with Crippen molar-refractivity contribution in [2.45, 2.75) is 38.9 Å². The van der Waals surface area contributed by atoms with Crippen LogP contribution in [0.3, 0.4) is 0 Å². The lowest BCUT2D eigenvalue weighted by atomic mass is 9.90. The molecule has 1 fully saturated rings. The molecule has 1 aliphatic heterocycles. The molecule has 92 valence electrons. The molecule has 1 aliphatic rings. The Balaban J connectivity index is 2.08. The number of hydrogen-bond donors (Lipinski definition) is 0. The van der Waals surface area contributed by atoms with Crippen molar-refractivity contribution in [2.75, 3.05) is 0 Å². The van der Waals surface area contributed by atoms with Gasteiger partial charge in [0.1, 0.15) is 0 Å². The van der Waals surface area contributed by atoms with Gasteiger partial charge in [0.25, 0.3) is 0 Å². The van der Waals surface area contributed by atoms with E-state index in [0.717, 1.165) is 9.90 Å². The molecular formula is C12H16BClO2S. The van der Waals surface area contributed by atoms with E-state index in [1.54, 1.807) is 11.3 Å². The molecule has 5 heteroatoms. The van der Waals surface area contributed by atoms with Crippen molar-refractivity contribution in [1.82, 2.24) is 0 Å². The van der Waals surface area contributed by atoms with E-state index in [2.05, 4.69) is 0 Å². The van der Waals surface area contributed by atoms with Crippen LogP contribution in [0.2, 0.25) is 5.02 Å². The first-order chi connectivity index (χ1) is 7.82. The predicted octanol–water partition coefficient (Wildman–Crippen LogP) is 4.05. The summed E-state index contributed by atoms with van der Waals surface area (Å²) < 4.78 is 11.7. The van der Waals surface area contributed by atoms with Gasteiger partial charge in [-0.2, -0.15) is 0 Å². The molecule has 0 unspecified atom stereocenters. The molecule has 0 aliphatic carbocycles. The predicted molar refractivity (Wildman–Crippen MR) is 74.4 cm³/mol. The minimum atomic E-state index is -0.307. The van der Waals surface area contributed by atoms with Crippen molar-refractivity contribution in [3.63, 3.8) is 0 Å². The smallest absolute Gasteiger partial charge is 0.400 e. The van der Waals surface area contributed by atoms with Gasteiger partial charge in [-0.25, -0.2) is 0 Å². The van der Waals surface area contributed by atoms with Gasteiger partial charge in [-0.05, 0) is 39.1 Å². The van der Waals surface area contributed by atoms with E-state index >= 15 is 0 Å². The molecule has 0 saturated carbocycles. The first kappa shape index (κ1) is 13.2. The lowest BCUT2D eigenvalue weighted by Gasteiger charge is -2.32. The van der Waals surface area contributed by atoms with Crippen molar-refractivity contribution in [3.8, 4) is 0 Å². The fraction of sp³-hybridized carbons (Fsp3) is 0.500. The summed E-state index contributed by atoms with van der Waals surface area (Å²) in [4.78, 5) is 1.03. The van der Waals surface area contributed by atoms with Gasteiger partial charge in [0.05, 0.1) is 16.2 Å². The Hall–Kier alpha value is -0.285. The Morgan fingerprint density at radius 3 is 2.29 bits per heavy atom. The quantitative estimate of drug-likeness (QED) is 0.755. The lowest BCUT2D eigenvalue weighted by Crippen LogP contribution is -2.41. The molecule has 17 heavy (non-hydrogen) atoms. The molecule has 0 radical (unpaired) electrons. The summed E-state index contributed by atoms with van der Waals surface area (Å²) in [6.45, 7) is 8.16. The Morgan fingerprint density at radius 1 is 1.24 bits per heavy atom. The first-order valence-corrected chi connectivity index (χ1v) is 6.84. The van der Waals surface area contributed by atoms with Crippen molar-refractivity contribution in [3.05, 3.63) is 27.3 Å². The summed E-state index contributed by atoms with van der Waals surface area (Å²) in [6, 6.07) is 1.89. The monoisotopic (exact) mass is 270 g/mol. The Morgan fingerprint density at radius 2 is 1.82 bits per heavy atom. The van der Waals surface area contributed by atoms with Crippen LogP contribution < -0.4 is 0 Å². The summed E-state index contributed by atoms with van der Waals surface area (Å²) in [5.74, 6) is 1.91.